The molecule has 1 heterocycles. The summed E-state index contributed by atoms with van der Waals surface area (Å²) in [6.07, 6.45) is 0. The van der Waals surface area contributed by atoms with Gasteiger partial charge in [0.05, 0.1) is 33.7 Å². The van der Waals surface area contributed by atoms with Gasteiger partial charge in [0.1, 0.15) is 5.82 Å². The van der Waals surface area contributed by atoms with E-state index in [1.807, 2.05) is 0 Å². The van der Waals surface area contributed by atoms with E-state index in [4.69, 9.17) is 11.6 Å². The molecule has 0 bridgehead atoms. The van der Waals surface area contributed by atoms with Crippen LogP contribution >= 0.6 is 22.9 Å². The Balaban J connectivity index is 2.01. The Labute approximate surface area is 141 Å². The van der Waals surface area contributed by atoms with E-state index in [1.54, 1.807) is 10.9 Å². The SMILES string of the molecule is C[C@@H](NS(=O)(=O)c1ccc(F)c(Cl)c1)C(=O)NCc1cscn1. The van der Waals surface area contributed by atoms with Crippen LogP contribution in [0.3, 0.4) is 0 Å². The van der Waals surface area contributed by atoms with Gasteiger partial charge in [0.2, 0.25) is 15.9 Å². The molecular weight excluding hydrogens is 365 g/mol. The third-order valence-electron chi connectivity index (χ3n) is 2.85. The van der Waals surface area contributed by atoms with E-state index in [0.29, 0.717) is 5.69 Å². The van der Waals surface area contributed by atoms with Gasteiger partial charge in [-0.15, -0.1) is 11.3 Å². The summed E-state index contributed by atoms with van der Waals surface area (Å²) >= 11 is 6.97. The molecule has 1 aromatic heterocycles. The smallest absolute Gasteiger partial charge is 0.241 e. The van der Waals surface area contributed by atoms with Crippen molar-refractivity contribution in [1.29, 1.82) is 0 Å². The number of halogens is 2. The van der Waals surface area contributed by atoms with Gasteiger partial charge >= 0.3 is 0 Å². The van der Waals surface area contributed by atoms with E-state index in [0.717, 1.165) is 18.2 Å². The number of carbonyl (C=O) groups excluding carboxylic acids is 1. The molecule has 2 aromatic rings. The number of carbonyl (C=O) groups is 1. The van der Waals surface area contributed by atoms with Gasteiger partial charge in [-0.1, -0.05) is 11.6 Å². The summed E-state index contributed by atoms with van der Waals surface area (Å²) in [5.41, 5.74) is 2.31. The van der Waals surface area contributed by atoms with Gasteiger partial charge in [-0.25, -0.2) is 17.8 Å². The zero-order valence-corrected chi connectivity index (χ0v) is 14.3. The van der Waals surface area contributed by atoms with Crippen LogP contribution in [0.15, 0.2) is 34.0 Å². The summed E-state index contributed by atoms with van der Waals surface area (Å²) in [4.78, 5) is 15.7. The molecule has 6 nitrogen and oxygen atoms in total. The Morgan fingerprint density at radius 3 is 2.83 bits per heavy atom. The predicted molar refractivity (Wildman–Crippen MR) is 85.2 cm³/mol. The average Bonchev–Trinajstić information content (AvgIpc) is 3.00. The first-order chi connectivity index (χ1) is 10.8. The van der Waals surface area contributed by atoms with Gasteiger partial charge in [0, 0.05) is 5.38 Å². The molecular formula is C13H13ClFN3O3S2. The third kappa shape index (κ3) is 4.71. The molecule has 124 valence electrons. The lowest BCUT2D eigenvalue weighted by atomic mass is 10.3. The van der Waals surface area contributed by atoms with Gasteiger partial charge in [-0.05, 0) is 25.1 Å². The molecule has 10 heteroatoms. The van der Waals surface area contributed by atoms with E-state index < -0.39 is 27.8 Å². The topological polar surface area (TPSA) is 88.2 Å². The third-order valence-corrected chi connectivity index (χ3v) is 5.32. The standard InChI is InChI=1S/C13H13ClFN3O3S2/c1-8(13(19)16-5-9-6-22-7-17-9)18-23(20,21)10-2-3-12(15)11(14)4-10/h2-4,6-8,18H,5H2,1H3,(H,16,19)/t8-/m1/s1. The number of sulfonamides is 1. The molecule has 0 spiro atoms. The fourth-order valence-electron chi connectivity index (χ4n) is 1.65. The second-order valence-corrected chi connectivity index (χ2v) is 7.46. The molecule has 0 aliphatic heterocycles. The van der Waals surface area contributed by atoms with Crippen molar-refractivity contribution in [3.05, 3.63) is 45.6 Å². The summed E-state index contributed by atoms with van der Waals surface area (Å²) < 4.78 is 39.6. The zero-order valence-electron chi connectivity index (χ0n) is 11.9. The number of benzene rings is 1. The summed E-state index contributed by atoms with van der Waals surface area (Å²) in [6.45, 7) is 1.61. The molecule has 0 saturated heterocycles. The van der Waals surface area contributed by atoms with E-state index >= 15 is 0 Å². The van der Waals surface area contributed by atoms with Crippen LogP contribution in [0.4, 0.5) is 4.39 Å². The van der Waals surface area contributed by atoms with Crippen molar-refractivity contribution in [2.45, 2.75) is 24.4 Å². The number of hydrogen-bond donors (Lipinski definition) is 2. The van der Waals surface area contributed by atoms with Gasteiger partial charge < -0.3 is 5.32 Å². The Bertz CT molecular complexity index is 797. The van der Waals surface area contributed by atoms with Crippen LogP contribution in [0.1, 0.15) is 12.6 Å². The van der Waals surface area contributed by atoms with Gasteiger partial charge in [-0.2, -0.15) is 4.72 Å². The first-order valence-corrected chi connectivity index (χ1v) is 9.22. The molecule has 0 fully saturated rings. The van der Waals surface area contributed by atoms with E-state index in [2.05, 4.69) is 15.0 Å². The first kappa shape index (κ1) is 17.8. The normalized spacial score (nSPS) is 12.8. The Morgan fingerprint density at radius 1 is 1.48 bits per heavy atom. The van der Waals surface area contributed by atoms with Crippen molar-refractivity contribution < 1.29 is 17.6 Å². The van der Waals surface area contributed by atoms with Gasteiger partial charge in [-0.3, -0.25) is 4.79 Å². The van der Waals surface area contributed by atoms with Crippen molar-refractivity contribution in [1.82, 2.24) is 15.0 Å². The fraction of sp³-hybridized carbons (Fsp3) is 0.231. The quantitative estimate of drug-likeness (QED) is 0.805. The van der Waals surface area contributed by atoms with Crippen molar-refractivity contribution >= 4 is 38.9 Å². The molecule has 2 N–H and O–H groups in total. The maximum Gasteiger partial charge on any atom is 0.241 e. The minimum atomic E-state index is -3.99. The number of nitrogens with zero attached hydrogens (tertiary/aromatic N) is 1. The lowest BCUT2D eigenvalue weighted by Crippen LogP contribution is -2.44. The predicted octanol–water partition coefficient (Wildman–Crippen LogP) is 1.92. The highest BCUT2D eigenvalue weighted by Gasteiger charge is 2.22. The average molecular weight is 378 g/mol. The summed E-state index contributed by atoms with van der Waals surface area (Å²) in [6, 6.07) is 1.99. The van der Waals surface area contributed by atoms with Crippen LogP contribution in [-0.4, -0.2) is 25.4 Å². The van der Waals surface area contributed by atoms with Crippen LogP contribution in [-0.2, 0) is 21.4 Å². The van der Waals surface area contributed by atoms with Crippen LogP contribution in [0.25, 0.3) is 0 Å². The number of hydrogen-bond acceptors (Lipinski definition) is 5. The Kier molecular flexibility index (Phi) is 5.69. The highest BCUT2D eigenvalue weighted by atomic mass is 35.5. The van der Waals surface area contributed by atoms with Crippen LogP contribution in [0.2, 0.25) is 5.02 Å². The van der Waals surface area contributed by atoms with Crippen LogP contribution in [0.5, 0.6) is 0 Å². The second kappa shape index (κ2) is 7.35. The lowest BCUT2D eigenvalue weighted by Gasteiger charge is -2.14. The van der Waals surface area contributed by atoms with Crippen molar-refractivity contribution in [2.24, 2.45) is 0 Å². The van der Waals surface area contributed by atoms with E-state index in [1.165, 1.54) is 18.3 Å². The molecule has 0 aliphatic rings. The maximum absolute atomic E-state index is 13.1. The molecule has 1 atom stereocenters. The molecule has 1 amide bonds. The van der Waals surface area contributed by atoms with Gasteiger partial charge in [0.25, 0.3) is 0 Å². The summed E-state index contributed by atoms with van der Waals surface area (Å²) in [7, 11) is -3.99. The molecule has 23 heavy (non-hydrogen) atoms. The van der Waals surface area contributed by atoms with Crippen LogP contribution in [0, 0.1) is 5.82 Å². The van der Waals surface area contributed by atoms with Crippen molar-refractivity contribution in [3.63, 3.8) is 0 Å². The largest absolute Gasteiger partial charge is 0.349 e. The lowest BCUT2D eigenvalue weighted by molar-refractivity contribution is -0.122. The number of thiazole rings is 1. The molecule has 0 radical (unpaired) electrons. The number of rotatable bonds is 6. The van der Waals surface area contributed by atoms with Gasteiger partial charge in [0.15, 0.2) is 0 Å². The fourth-order valence-corrected chi connectivity index (χ4v) is 3.69. The van der Waals surface area contributed by atoms with E-state index in [9.17, 15) is 17.6 Å². The number of aromatic nitrogens is 1. The highest BCUT2D eigenvalue weighted by Crippen LogP contribution is 2.19. The summed E-state index contributed by atoms with van der Waals surface area (Å²) in [5.74, 6) is -1.23. The monoisotopic (exact) mass is 377 g/mol. The van der Waals surface area contributed by atoms with Crippen molar-refractivity contribution in [3.8, 4) is 0 Å². The Morgan fingerprint density at radius 2 is 2.22 bits per heavy atom. The zero-order chi connectivity index (χ0) is 17.0. The first-order valence-electron chi connectivity index (χ1n) is 6.42. The molecule has 0 aliphatic carbocycles. The molecule has 0 saturated carbocycles. The van der Waals surface area contributed by atoms with Crippen LogP contribution < -0.4 is 10.0 Å². The minimum absolute atomic E-state index is 0.205. The maximum atomic E-state index is 13.1. The Hall–Kier alpha value is -1.55. The minimum Gasteiger partial charge on any atom is -0.349 e. The van der Waals surface area contributed by atoms with E-state index in [-0.39, 0.29) is 16.5 Å². The molecule has 2 rings (SSSR count). The number of nitrogens with one attached hydrogen (secondary N) is 2. The summed E-state index contributed by atoms with van der Waals surface area (Å²) in [5, 5.41) is 4.03. The molecule has 1 aromatic carbocycles. The van der Waals surface area contributed by atoms with Crippen molar-refractivity contribution in [2.75, 3.05) is 0 Å². The molecule has 0 unspecified atom stereocenters. The highest BCUT2D eigenvalue weighted by molar-refractivity contribution is 7.89. The second-order valence-electron chi connectivity index (χ2n) is 4.62. The number of amides is 1.